The molecule has 0 saturated carbocycles. The summed E-state index contributed by atoms with van der Waals surface area (Å²) >= 11 is 0. The quantitative estimate of drug-likeness (QED) is 0.115. The number of hydrogen-bond acceptors (Lipinski definition) is 11. The Morgan fingerprint density at radius 3 is 2.74 bits per heavy atom. The molecule has 0 radical (unpaired) electrons. The van der Waals surface area contributed by atoms with E-state index in [1.807, 2.05) is 6.07 Å². The van der Waals surface area contributed by atoms with E-state index in [4.69, 9.17) is 20.9 Å². The van der Waals surface area contributed by atoms with E-state index >= 15 is 0 Å². The van der Waals surface area contributed by atoms with Gasteiger partial charge in [-0.1, -0.05) is 32.0 Å². The maximum Gasteiger partial charge on any atom is 0.347 e. The zero-order valence-electron chi connectivity index (χ0n) is 24.1. The van der Waals surface area contributed by atoms with Crippen LogP contribution in [0.1, 0.15) is 46.7 Å². The first kappa shape index (κ1) is 28.5. The number of aromatic nitrogens is 1. The standard InChI is InChI=1S/C28H35N9O6/c1-26(2)10-11-43-20-14(6-4-7-15(20)26)22(38)34-18-13-37-25(30)33-17(21-27(37,28(18,40)41)36-24(29)35-21)12-31-23(39)16-8-5-9-19(32-16)42-3/h4-9,17-18,21,40-41H,10-13H2,1-3H3,(H7,29,30,31,33,34,35,36,38,39)/p+2/t17-,18?,21-,27-/m0/s1. The van der Waals surface area contributed by atoms with Gasteiger partial charge in [-0.05, 0) is 24.0 Å². The highest BCUT2D eigenvalue weighted by Gasteiger charge is 2.78. The van der Waals surface area contributed by atoms with Crippen LogP contribution < -0.4 is 47.2 Å². The zero-order valence-corrected chi connectivity index (χ0v) is 24.1. The van der Waals surface area contributed by atoms with Crippen molar-refractivity contribution in [2.45, 2.75) is 55.3 Å². The van der Waals surface area contributed by atoms with Gasteiger partial charge in [-0.15, -0.1) is 0 Å². The summed E-state index contributed by atoms with van der Waals surface area (Å²) in [4.78, 5) is 33.7. The van der Waals surface area contributed by atoms with Gasteiger partial charge in [0.15, 0.2) is 6.04 Å². The number of guanidine groups is 2. The van der Waals surface area contributed by atoms with Gasteiger partial charge in [0.2, 0.25) is 5.88 Å². The summed E-state index contributed by atoms with van der Waals surface area (Å²) in [5.74, 6) is -2.63. The molecule has 15 nitrogen and oxygen atoms in total. The lowest BCUT2D eigenvalue weighted by Crippen LogP contribution is -2.92. The molecule has 1 spiro atoms. The van der Waals surface area contributed by atoms with Crippen LogP contribution in [0.4, 0.5) is 0 Å². The van der Waals surface area contributed by atoms with Crippen molar-refractivity contribution < 1.29 is 38.8 Å². The Kier molecular flexibility index (Phi) is 6.61. The van der Waals surface area contributed by atoms with Crippen molar-refractivity contribution in [3.05, 3.63) is 53.2 Å². The molecular formula is C28H37N9O6+2. The number of benzene rings is 1. The molecule has 1 saturated heterocycles. The number of aliphatic hydroxyl groups is 2. The van der Waals surface area contributed by atoms with E-state index in [0.29, 0.717) is 17.9 Å². The molecule has 1 aromatic heterocycles. The number of nitrogens with two attached hydrogens (primary N) is 2. The van der Waals surface area contributed by atoms with E-state index in [0.717, 1.165) is 12.0 Å². The Hall–Kier alpha value is -4.63. The molecule has 43 heavy (non-hydrogen) atoms. The lowest BCUT2D eigenvalue weighted by Gasteiger charge is -2.41. The minimum Gasteiger partial charge on any atom is -0.492 e. The lowest BCUT2D eigenvalue weighted by molar-refractivity contribution is -0.674. The van der Waals surface area contributed by atoms with Crippen LogP contribution in [0.25, 0.3) is 0 Å². The van der Waals surface area contributed by atoms with Crippen LogP contribution in [0.3, 0.4) is 0 Å². The summed E-state index contributed by atoms with van der Waals surface area (Å²) in [5.41, 5.74) is 12.0. The topological polar surface area (TPSA) is 223 Å². The molecule has 1 aromatic carbocycles. The summed E-state index contributed by atoms with van der Waals surface area (Å²) in [5, 5.41) is 35.3. The number of methoxy groups -OCH3 is 1. The van der Waals surface area contributed by atoms with E-state index in [1.165, 1.54) is 11.7 Å². The molecule has 6 rings (SSSR count). The van der Waals surface area contributed by atoms with E-state index in [9.17, 15) is 19.8 Å². The van der Waals surface area contributed by atoms with Crippen molar-refractivity contribution >= 4 is 23.7 Å². The number of nitrogens with zero attached hydrogens (tertiary/aromatic N) is 2. The fraction of sp³-hybridized carbons (Fsp3) is 0.464. The number of carbonyl (C=O) groups excluding carboxylic acids is 2. The highest BCUT2D eigenvalue weighted by molar-refractivity contribution is 5.98. The predicted octanol–water partition coefficient (Wildman–Crippen LogP) is -4.26. The molecule has 15 heteroatoms. The van der Waals surface area contributed by atoms with Gasteiger partial charge in [-0.25, -0.2) is 14.9 Å². The van der Waals surface area contributed by atoms with Gasteiger partial charge in [0.1, 0.15) is 23.5 Å². The Morgan fingerprint density at radius 2 is 1.98 bits per heavy atom. The Labute approximate surface area is 247 Å². The number of pyridine rings is 1. The first-order valence-electron chi connectivity index (χ1n) is 14.0. The van der Waals surface area contributed by atoms with Gasteiger partial charge >= 0.3 is 11.9 Å². The van der Waals surface area contributed by atoms with Gasteiger partial charge in [-0.2, -0.15) is 0 Å². The Balaban J connectivity index is 1.26. The first-order chi connectivity index (χ1) is 20.4. The molecule has 4 aliphatic heterocycles. The number of rotatable bonds is 6. The molecule has 1 unspecified atom stereocenters. The predicted molar refractivity (Wildman–Crippen MR) is 152 cm³/mol. The third-order valence-electron chi connectivity index (χ3n) is 8.87. The van der Waals surface area contributed by atoms with Crippen LogP contribution in [-0.4, -0.2) is 99.9 Å². The van der Waals surface area contributed by atoms with Gasteiger partial charge in [0.05, 0.1) is 32.4 Å². The molecule has 5 heterocycles. The number of para-hydroxylation sites is 1. The van der Waals surface area contributed by atoms with E-state index < -0.39 is 41.4 Å². The van der Waals surface area contributed by atoms with E-state index in [2.05, 4.69) is 45.1 Å². The third kappa shape index (κ3) is 4.38. The van der Waals surface area contributed by atoms with Gasteiger partial charge in [-0.3, -0.25) is 31.4 Å². The molecule has 228 valence electrons. The second-order valence-corrected chi connectivity index (χ2v) is 11.9. The molecular weight excluding hydrogens is 558 g/mol. The zero-order chi connectivity index (χ0) is 30.7. The van der Waals surface area contributed by atoms with Crippen LogP contribution in [0.2, 0.25) is 0 Å². The number of carbonyl (C=O) groups is 2. The molecule has 0 aliphatic carbocycles. The number of hydrogen-bond donors (Lipinski definition) is 9. The smallest absolute Gasteiger partial charge is 0.347 e. The van der Waals surface area contributed by atoms with Crippen LogP contribution in [0.5, 0.6) is 11.6 Å². The Bertz CT molecular complexity index is 1560. The molecule has 2 aromatic rings. The molecule has 0 bridgehead atoms. The first-order valence-corrected chi connectivity index (χ1v) is 14.0. The summed E-state index contributed by atoms with van der Waals surface area (Å²) in [6, 6.07) is 7.50. The van der Waals surface area contributed by atoms with Crippen molar-refractivity contribution in [1.82, 2.24) is 26.3 Å². The van der Waals surface area contributed by atoms with Crippen molar-refractivity contribution in [2.75, 3.05) is 26.8 Å². The van der Waals surface area contributed by atoms with Crippen LogP contribution >= 0.6 is 0 Å². The molecule has 1 fully saturated rings. The van der Waals surface area contributed by atoms with Crippen LogP contribution in [0, 0.1) is 0 Å². The average molecular weight is 596 g/mol. The molecule has 4 aliphatic rings. The molecule has 4 atom stereocenters. The minimum atomic E-state index is -2.58. The third-order valence-corrected chi connectivity index (χ3v) is 8.87. The van der Waals surface area contributed by atoms with Crippen LogP contribution in [-0.2, 0) is 5.41 Å². The molecule has 11 N–H and O–H groups in total. The fourth-order valence-corrected chi connectivity index (χ4v) is 6.54. The highest BCUT2D eigenvalue weighted by Crippen LogP contribution is 2.41. The normalized spacial score (nSPS) is 27.7. The van der Waals surface area contributed by atoms with Crippen molar-refractivity contribution in [3.63, 3.8) is 0 Å². The largest absolute Gasteiger partial charge is 0.492 e. The number of amides is 2. The lowest BCUT2D eigenvalue weighted by atomic mass is 9.79. The van der Waals surface area contributed by atoms with E-state index in [-0.39, 0.29) is 42.0 Å². The summed E-state index contributed by atoms with van der Waals surface area (Å²) in [6.45, 7) is 4.59. The number of nitrogens with one attached hydrogen (secondary N) is 5. The van der Waals surface area contributed by atoms with Gasteiger partial charge < -0.3 is 30.3 Å². The number of ether oxygens (including phenoxy) is 2. The summed E-state index contributed by atoms with van der Waals surface area (Å²) in [6.07, 6.45) is 0.805. The number of fused-ring (bicyclic) bond motifs is 1. The minimum absolute atomic E-state index is 0.0109. The average Bonchev–Trinajstić information content (AvgIpc) is 3.45. The summed E-state index contributed by atoms with van der Waals surface area (Å²) in [7, 11) is 1.45. The highest BCUT2D eigenvalue weighted by atomic mass is 16.5. The second kappa shape index (κ2) is 9.98. The van der Waals surface area contributed by atoms with Crippen LogP contribution in [0.15, 0.2) is 36.4 Å². The Morgan fingerprint density at radius 1 is 1.21 bits per heavy atom. The summed E-state index contributed by atoms with van der Waals surface area (Å²) < 4.78 is 12.5. The van der Waals surface area contributed by atoms with Crippen molar-refractivity contribution in [2.24, 2.45) is 11.5 Å². The van der Waals surface area contributed by atoms with Gasteiger partial charge in [0, 0.05) is 11.6 Å². The van der Waals surface area contributed by atoms with Gasteiger partial charge in [0.25, 0.3) is 23.3 Å². The maximum absolute atomic E-state index is 13.6. The van der Waals surface area contributed by atoms with Crippen molar-refractivity contribution in [3.8, 4) is 11.6 Å². The SMILES string of the molecule is COc1cccc(C(=O)NC[C@@H]2NC(N)=[N+]3CC(NC(=O)c4cccc5c4OCCC5(C)C)C(O)(O)[C@@]34NC(N)=[NH+][C@@H]24)n1. The maximum atomic E-state index is 13.6. The monoisotopic (exact) mass is 595 g/mol. The fourth-order valence-electron chi connectivity index (χ4n) is 6.54. The molecule has 2 amide bonds. The van der Waals surface area contributed by atoms with E-state index in [1.54, 1.807) is 30.3 Å². The van der Waals surface area contributed by atoms with Crippen molar-refractivity contribution in [1.29, 1.82) is 0 Å². The second-order valence-electron chi connectivity index (χ2n) is 11.9.